The number of carbonyl (C=O) groups excluding carboxylic acids is 1. The molecule has 34 heavy (non-hydrogen) atoms. The van der Waals surface area contributed by atoms with Crippen molar-refractivity contribution in [1.29, 1.82) is 0 Å². The van der Waals surface area contributed by atoms with Crippen molar-refractivity contribution in [2.24, 2.45) is 4.99 Å². The number of hydrogen-bond donors (Lipinski definition) is 0. The highest BCUT2D eigenvalue weighted by molar-refractivity contribution is 6.27. The molecule has 0 amide bonds. The molecule has 6 nitrogen and oxygen atoms in total. The first-order valence-electron chi connectivity index (χ1n) is 11.0. The Hall–Kier alpha value is -4.19. The van der Waals surface area contributed by atoms with E-state index < -0.39 is 0 Å². The molecule has 6 heteroatoms. The molecule has 2 aromatic carbocycles. The molecule has 0 radical (unpaired) electrons. The Morgan fingerprint density at radius 3 is 2.62 bits per heavy atom. The van der Waals surface area contributed by atoms with Gasteiger partial charge in [0, 0.05) is 23.3 Å². The van der Waals surface area contributed by atoms with E-state index in [0.29, 0.717) is 11.3 Å². The molecule has 172 valence electrons. The lowest BCUT2D eigenvalue weighted by atomic mass is 9.95. The first kappa shape index (κ1) is 23.0. The lowest BCUT2D eigenvalue weighted by molar-refractivity contribution is -0.113. The quantitative estimate of drug-likeness (QED) is 0.318. The van der Waals surface area contributed by atoms with Crippen LogP contribution in [0.1, 0.15) is 35.7 Å². The molecule has 4 rings (SSSR count). The first-order valence-corrected chi connectivity index (χ1v) is 11.0. The Kier molecular flexibility index (Phi) is 6.87. The summed E-state index contributed by atoms with van der Waals surface area (Å²) in [6.07, 6.45) is 9.20. The summed E-state index contributed by atoms with van der Waals surface area (Å²) in [5, 5.41) is 4.36. The van der Waals surface area contributed by atoms with E-state index in [2.05, 4.69) is 16.7 Å². The summed E-state index contributed by atoms with van der Waals surface area (Å²) in [7, 11) is 3.13. The summed E-state index contributed by atoms with van der Waals surface area (Å²) in [5.74, 6) is 0.513. The SMILES string of the molecule is C=C(C(=O)C(=CC(C)c1ccc(C2C=CC=N2)cc1OC)OC)c1ccnn1-c1ccccc1. The largest absolute Gasteiger partial charge is 0.496 e. The van der Waals surface area contributed by atoms with E-state index in [1.807, 2.05) is 67.6 Å². The van der Waals surface area contributed by atoms with Crippen LogP contribution in [0.2, 0.25) is 0 Å². The summed E-state index contributed by atoms with van der Waals surface area (Å²) in [4.78, 5) is 17.7. The van der Waals surface area contributed by atoms with Gasteiger partial charge in [0.05, 0.1) is 37.8 Å². The normalized spacial score (nSPS) is 15.9. The molecule has 1 aliphatic rings. The van der Waals surface area contributed by atoms with E-state index in [1.54, 1.807) is 36.3 Å². The van der Waals surface area contributed by atoms with Gasteiger partial charge < -0.3 is 9.47 Å². The highest BCUT2D eigenvalue weighted by atomic mass is 16.5. The average molecular weight is 454 g/mol. The third-order valence-electron chi connectivity index (χ3n) is 5.79. The van der Waals surface area contributed by atoms with E-state index in [-0.39, 0.29) is 23.5 Å². The molecule has 0 saturated carbocycles. The Balaban J connectivity index is 1.59. The summed E-state index contributed by atoms with van der Waals surface area (Å²) >= 11 is 0. The van der Waals surface area contributed by atoms with Gasteiger partial charge in [0.2, 0.25) is 5.78 Å². The molecule has 0 fully saturated rings. The zero-order valence-electron chi connectivity index (χ0n) is 19.5. The molecule has 2 atom stereocenters. The third-order valence-corrected chi connectivity index (χ3v) is 5.79. The van der Waals surface area contributed by atoms with Crippen LogP contribution in [0.3, 0.4) is 0 Å². The van der Waals surface area contributed by atoms with Gasteiger partial charge in [0.15, 0.2) is 5.76 Å². The number of Topliss-reactive ketones (excluding diaryl/α,β-unsaturated/α-hetero) is 1. The number of aromatic nitrogens is 2. The highest BCUT2D eigenvalue weighted by Crippen LogP contribution is 2.33. The van der Waals surface area contributed by atoms with Crippen molar-refractivity contribution in [3.63, 3.8) is 0 Å². The fraction of sp³-hybridized carbons (Fsp3) is 0.179. The number of benzene rings is 2. The second kappa shape index (κ2) is 10.2. The fourth-order valence-corrected chi connectivity index (χ4v) is 3.96. The Morgan fingerprint density at radius 1 is 1.15 bits per heavy atom. The maximum Gasteiger partial charge on any atom is 0.228 e. The maximum absolute atomic E-state index is 13.3. The molecule has 2 heterocycles. The number of carbonyl (C=O) groups is 1. The number of hydrogen-bond acceptors (Lipinski definition) is 5. The second-order valence-electron chi connectivity index (χ2n) is 7.92. The lowest BCUT2D eigenvalue weighted by Gasteiger charge is -2.17. The lowest BCUT2D eigenvalue weighted by Crippen LogP contribution is -2.11. The van der Waals surface area contributed by atoms with E-state index in [9.17, 15) is 4.79 Å². The molecule has 0 aliphatic carbocycles. The number of allylic oxidation sites excluding steroid dienone is 3. The summed E-state index contributed by atoms with van der Waals surface area (Å²) in [6, 6.07) is 17.4. The van der Waals surface area contributed by atoms with Crippen molar-refractivity contribution in [3.8, 4) is 11.4 Å². The minimum Gasteiger partial charge on any atom is -0.496 e. The molecule has 0 spiro atoms. The number of para-hydroxylation sites is 1. The zero-order valence-corrected chi connectivity index (χ0v) is 19.5. The van der Waals surface area contributed by atoms with E-state index in [1.165, 1.54) is 7.11 Å². The van der Waals surface area contributed by atoms with Crippen LogP contribution in [0.15, 0.2) is 96.4 Å². The number of nitrogens with zero attached hydrogens (tertiary/aromatic N) is 3. The molecular weight excluding hydrogens is 426 g/mol. The van der Waals surface area contributed by atoms with Gasteiger partial charge in [-0.05, 0) is 42.0 Å². The minimum absolute atomic E-state index is 0.00250. The van der Waals surface area contributed by atoms with Crippen LogP contribution in [-0.2, 0) is 9.53 Å². The van der Waals surface area contributed by atoms with Gasteiger partial charge in [-0.3, -0.25) is 9.79 Å². The predicted molar refractivity (Wildman–Crippen MR) is 134 cm³/mol. The van der Waals surface area contributed by atoms with Gasteiger partial charge in [-0.15, -0.1) is 0 Å². The van der Waals surface area contributed by atoms with Crippen LogP contribution >= 0.6 is 0 Å². The van der Waals surface area contributed by atoms with Gasteiger partial charge in [0.25, 0.3) is 0 Å². The van der Waals surface area contributed by atoms with Crippen LogP contribution in [0, 0.1) is 0 Å². The molecule has 0 saturated heterocycles. The van der Waals surface area contributed by atoms with Crippen LogP contribution in [0.25, 0.3) is 11.3 Å². The van der Waals surface area contributed by atoms with Crippen molar-refractivity contribution >= 4 is 17.6 Å². The van der Waals surface area contributed by atoms with E-state index in [4.69, 9.17) is 9.47 Å². The average Bonchev–Trinajstić information content (AvgIpc) is 3.59. The van der Waals surface area contributed by atoms with Crippen LogP contribution in [-0.4, -0.2) is 36.0 Å². The molecule has 1 aliphatic heterocycles. The predicted octanol–water partition coefficient (Wildman–Crippen LogP) is 5.48. The van der Waals surface area contributed by atoms with Gasteiger partial charge >= 0.3 is 0 Å². The standard InChI is InChI=1S/C28H27N3O3/c1-19(23-13-12-21(18-26(23)33-3)24-11-8-15-29-24)17-27(34-4)28(32)20(2)25-14-16-30-31(25)22-9-6-5-7-10-22/h5-19,24H,2H2,1,3-4H3. The van der Waals surface area contributed by atoms with Crippen LogP contribution < -0.4 is 4.74 Å². The number of ketones is 1. The monoisotopic (exact) mass is 453 g/mol. The molecule has 0 N–H and O–H groups in total. The van der Waals surface area contributed by atoms with Crippen molar-refractivity contribution < 1.29 is 14.3 Å². The zero-order chi connectivity index (χ0) is 24.1. The van der Waals surface area contributed by atoms with Crippen LogP contribution in [0.4, 0.5) is 0 Å². The van der Waals surface area contributed by atoms with Crippen LogP contribution in [0.5, 0.6) is 5.75 Å². The molecule has 1 aromatic heterocycles. The van der Waals surface area contributed by atoms with E-state index >= 15 is 0 Å². The van der Waals surface area contributed by atoms with Crippen molar-refractivity contribution in [1.82, 2.24) is 9.78 Å². The van der Waals surface area contributed by atoms with Gasteiger partial charge in [-0.1, -0.05) is 49.9 Å². The molecule has 3 aromatic rings. The van der Waals surface area contributed by atoms with E-state index in [0.717, 1.165) is 22.6 Å². The topological polar surface area (TPSA) is 65.7 Å². The Bertz CT molecular complexity index is 1270. The van der Waals surface area contributed by atoms with Gasteiger partial charge in [0.1, 0.15) is 5.75 Å². The summed E-state index contributed by atoms with van der Waals surface area (Å²) in [6.45, 7) is 6.04. The van der Waals surface area contributed by atoms with Crippen molar-refractivity contribution in [2.75, 3.05) is 14.2 Å². The van der Waals surface area contributed by atoms with Crippen molar-refractivity contribution in [3.05, 3.63) is 108 Å². The van der Waals surface area contributed by atoms with Crippen molar-refractivity contribution in [2.45, 2.75) is 18.9 Å². The Morgan fingerprint density at radius 2 is 1.94 bits per heavy atom. The highest BCUT2D eigenvalue weighted by Gasteiger charge is 2.22. The number of methoxy groups -OCH3 is 2. The van der Waals surface area contributed by atoms with Gasteiger partial charge in [-0.25, -0.2) is 4.68 Å². The smallest absolute Gasteiger partial charge is 0.228 e. The minimum atomic E-state index is -0.298. The number of ether oxygens (including phenoxy) is 2. The maximum atomic E-state index is 13.3. The summed E-state index contributed by atoms with van der Waals surface area (Å²) in [5.41, 5.74) is 3.75. The summed E-state index contributed by atoms with van der Waals surface area (Å²) < 4.78 is 12.8. The fourth-order valence-electron chi connectivity index (χ4n) is 3.96. The molecule has 0 bridgehead atoms. The number of rotatable bonds is 9. The molecule has 2 unspecified atom stereocenters. The number of aliphatic imine (C=N–C) groups is 1. The Labute approximate surface area is 199 Å². The third kappa shape index (κ3) is 4.62. The second-order valence-corrected chi connectivity index (χ2v) is 7.92. The first-order chi connectivity index (χ1) is 16.5. The molecular formula is C28H27N3O3. The van der Waals surface area contributed by atoms with Gasteiger partial charge in [-0.2, -0.15) is 5.10 Å².